The summed E-state index contributed by atoms with van der Waals surface area (Å²) in [6.07, 6.45) is 0. The molecule has 0 saturated carbocycles. The number of amides is 2. The van der Waals surface area contributed by atoms with Crippen LogP contribution in [-0.2, 0) is 4.74 Å². The summed E-state index contributed by atoms with van der Waals surface area (Å²) < 4.78 is 10.8. The van der Waals surface area contributed by atoms with E-state index in [1.54, 1.807) is 72.8 Å². The maximum Gasteiger partial charge on any atom is 0.257 e. The first-order chi connectivity index (χ1) is 16.4. The Balaban J connectivity index is 1.56. The van der Waals surface area contributed by atoms with Gasteiger partial charge in [-0.25, -0.2) is 0 Å². The van der Waals surface area contributed by atoms with Crippen LogP contribution in [0, 0.1) is 0 Å². The number of anilines is 2. The molecule has 0 aliphatic heterocycles. The van der Waals surface area contributed by atoms with E-state index in [2.05, 4.69) is 16.0 Å². The third-order valence-corrected chi connectivity index (χ3v) is 4.93. The summed E-state index contributed by atoms with van der Waals surface area (Å²) in [5.74, 6) is -0.130. The Hall–Kier alpha value is -3.46. The minimum absolute atomic E-state index is 0.0973. The Morgan fingerprint density at radius 1 is 0.853 bits per heavy atom. The molecule has 9 heteroatoms. The minimum Gasteiger partial charge on any atom is -0.491 e. The number of hydrogen-bond acceptors (Lipinski definition) is 5. The van der Waals surface area contributed by atoms with Crippen LogP contribution in [-0.4, -0.2) is 36.7 Å². The number of benzene rings is 3. The maximum atomic E-state index is 12.6. The zero-order valence-corrected chi connectivity index (χ0v) is 20.0. The smallest absolute Gasteiger partial charge is 0.257 e. The highest BCUT2D eigenvalue weighted by Crippen LogP contribution is 2.18. The SMILES string of the molecule is CCOCCOc1cccc(C(=O)NC(=S)Nc2cccc(C(=O)Nc3cccc(Cl)c3)c2)c1. The second kappa shape index (κ2) is 12.7. The number of carbonyl (C=O) groups excluding carboxylic acids is 2. The van der Waals surface area contributed by atoms with Crippen LogP contribution in [0.2, 0.25) is 5.02 Å². The van der Waals surface area contributed by atoms with E-state index in [1.807, 2.05) is 6.92 Å². The van der Waals surface area contributed by atoms with Crippen LogP contribution in [0.3, 0.4) is 0 Å². The second-order valence-corrected chi connectivity index (χ2v) is 7.87. The number of rotatable bonds is 9. The van der Waals surface area contributed by atoms with E-state index >= 15 is 0 Å². The quantitative estimate of drug-likeness (QED) is 0.280. The molecule has 0 heterocycles. The first-order valence-corrected chi connectivity index (χ1v) is 11.3. The molecule has 0 fully saturated rings. The molecule has 0 aliphatic rings. The Morgan fingerprint density at radius 2 is 1.53 bits per heavy atom. The van der Waals surface area contributed by atoms with Crippen molar-refractivity contribution in [3.05, 3.63) is 88.9 Å². The van der Waals surface area contributed by atoms with Crippen molar-refractivity contribution in [1.82, 2.24) is 5.32 Å². The van der Waals surface area contributed by atoms with Gasteiger partial charge < -0.3 is 20.1 Å². The summed E-state index contributed by atoms with van der Waals surface area (Å²) in [4.78, 5) is 25.2. The monoisotopic (exact) mass is 497 g/mol. The van der Waals surface area contributed by atoms with Crippen LogP contribution in [0.1, 0.15) is 27.6 Å². The topological polar surface area (TPSA) is 88.7 Å². The zero-order chi connectivity index (χ0) is 24.3. The maximum absolute atomic E-state index is 12.6. The summed E-state index contributed by atoms with van der Waals surface area (Å²) in [6, 6.07) is 20.4. The van der Waals surface area contributed by atoms with Gasteiger partial charge in [0, 0.05) is 34.1 Å². The molecule has 3 aromatic rings. The fourth-order valence-electron chi connectivity index (χ4n) is 2.94. The molecular formula is C25H24ClN3O4S. The van der Waals surface area contributed by atoms with Gasteiger partial charge in [0.15, 0.2) is 5.11 Å². The molecule has 0 spiro atoms. The van der Waals surface area contributed by atoms with Crippen molar-refractivity contribution in [2.75, 3.05) is 30.5 Å². The fourth-order valence-corrected chi connectivity index (χ4v) is 3.34. The third kappa shape index (κ3) is 7.84. The summed E-state index contributed by atoms with van der Waals surface area (Å²) in [5.41, 5.74) is 1.95. The number of thiocarbonyl (C=S) groups is 1. The number of carbonyl (C=O) groups is 2. The molecule has 0 aliphatic carbocycles. The van der Waals surface area contributed by atoms with Crippen molar-refractivity contribution in [2.24, 2.45) is 0 Å². The van der Waals surface area contributed by atoms with Crippen molar-refractivity contribution in [3.63, 3.8) is 0 Å². The number of hydrogen-bond donors (Lipinski definition) is 3. The van der Waals surface area contributed by atoms with Gasteiger partial charge in [-0.2, -0.15) is 0 Å². The molecule has 0 saturated heterocycles. The molecule has 0 unspecified atom stereocenters. The van der Waals surface area contributed by atoms with Gasteiger partial charge in [-0.1, -0.05) is 29.8 Å². The van der Waals surface area contributed by atoms with Crippen molar-refractivity contribution >= 4 is 52.1 Å². The zero-order valence-electron chi connectivity index (χ0n) is 18.5. The van der Waals surface area contributed by atoms with Crippen LogP contribution in [0.5, 0.6) is 5.75 Å². The highest BCUT2D eigenvalue weighted by Gasteiger charge is 2.11. The van der Waals surface area contributed by atoms with E-state index in [0.717, 1.165) is 0 Å². The van der Waals surface area contributed by atoms with E-state index in [0.29, 0.717) is 53.1 Å². The van der Waals surface area contributed by atoms with Crippen LogP contribution < -0.4 is 20.7 Å². The fraction of sp³-hybridized carbons (Fsp3) is 0.160. The van der Waals surface area contributed by atoms with Crippen molar-refractivity contribution < 1.29 is 19.1 Å². The third-order valence-electron chi connectivity index (χ3n) is 4.49. The number of ether oxygens (including phenoxy) is 2. The van der Waals surface area contributed by atoms with Gasteiger partial charge in [-0.15, -0.1) is 0 Å². The van der Waals surface area contributed by atoms with Crippen LogP contribution in [0.4, 0.5) is 11.4 Å². The molecule has 3 N–H and O–H groups in total. The van der Waals surface area contributed by atoms with Gasteiger partial charge in [0.05, 0.1) is 6.61 Å². The van der Waals surface area contributed by atoms with Crippen molar-refractivity contribution in [1.29, 1.82) is 0 Å². The van der Waals surface area contributed by atoms with E-state index in [9.17, 15) is 9.59 Å². The summed E-state index contributed by atoms with van der Waals surface area (Å²) in [5, 5.41) is 8.96. The standard InChI is InChI=1S/C25H24ClN3O4S/c1-2-32-12-13-33-22-11-4-7-18(15-22)24(31)29-25(34)28-20-9-3-6-17(14-20)23(30)27-21-10-5-8-19(26)16-21/h3-11,14-16H,2,12-13H2,1H3,(H,27,30)(H2,28,29,31,34). The van der Waals surface area contributed by atoms with Crippen LogP contribution in [0.25, 0.3) is 0 Å². The lowest BCUT2D eigenvalue weighted by atomic mass is 10.2. The van der Waals surface area contributed by atoms with Crippen molar-refractivity contribution in [3.8, 4) is 5.75 Å². The number of halogens is 1. The largest absolute Gasteiger partial charge is 0.491 e. The molecule has 2 amide bonds. The highest BCUT2D eigenvalue weighted by atomic mass is 35.5. The predicted molar refractivity (Wildman–Crippen MR) is 138 cm³/mol. The minimum atomic E-state index is -0.386. The molecule has 3 rings (SSSR count). The molecule has 3 aromatic carbocycles. The van der Waals surface area contributed by atoms with Gasteiger partial charge in [-0.05, 0) is 73.7 Å². The van der Waals surface area contributed by atoms with Gasteiger partial charge in [0.25, 0.3) is 11.8 Å². The lowest BCUT2D eigenvalue weighted by molar-refractivity contribution is 0.0974. The highest BCUT2D eigenvalue weighted by molar-refractivity contribution is 7.80. The van der Waals surface area contributed by atoms with Crippen LogP contribution >= 0.6 is 23.8 Å². The van der Waals surface area contributed by atoms with Gasteiger partial charge in [0.1, 0.15) is 12.4 Å². The molecule has 176 valence electrons. The summed E-state index contributed by atoms with van der Waals surface area (Å²) in [6.45, 7) is 3.39. The molecule has 0 aromatic heterocycles. The predicted octanol–water partition coefficient (Wildman–Crippen LogP) is 5.13. The second-order valence-electron chi connectivity index (χ2n) is 7.03. The average molecular weight is 498 g/mol. The molecule has 7 nitrogen and oxygen atoms in total. The lowest BCUT2D eigenvalue weighted by Gasteiger charge is -2.12. The van der Waals surface area contributed by atoms with Gasteiger partial charge in [0.2, 0.25) is 0 Å². The van der Waals surface area contributed by atoms with E-state index in [4.69, 9.17) is 33.3 Å². The Bertz CT molecular complexity index is 1170. The lowest BCUT2D eigenvalue weighted by Crippen LogP contribution is -2.34. The van der Waals surface area contributed by atoms with E-state index < -0.39 is 0 Å². The summed E-state index contributed by atoms with van der Waals surface area (Å²) >= 11 is 11.2. The van der Waals surface area contributed by atoms with Gasteiger partial charge in [-0.3, -0.25) is 14.9 Å². The first kappa shape index (κ1) is 25.2. The first-order valence-electron chi connectivity index (χ1n) is 10.5. The Morgan fingerprint density at radius 3 is 2.26 bits per heavy atom. The average Bonchev–Trinajstić information content (AvgIpc) is 2.82. The number of nitrogens with one attached hydrogen (secondary N) is 3. The Labute approximate surface area is 208 Å². The normalized spacial score (nSPS) is 10.3. The molecule has 0 atom stereocenters. The van der Waals surface area contributed by atoms with Crippen LogP contribution in [0.15, 0.2) is 72.8 Å². The van der Waals surface area contributed by atoms with Gasteiger partial charge >= 0.3 is 0 Å². The summed E-state index contributed by atoms with van der Waals surface area (Å²) in [7, 11) is 0. The van der Waals surface area contributed by atoms with E-state index in [-0.39, 0.29) is 16.9 Å². The Kier molecular flexibility index (Phi) is 9.40. The molecular weight excluding hydrogens is 474 g/mol. The van der Waals surface area contributed by atoms with E-state index in [1.165, 1.54) is 0 Å². The van der Waals surface area contributed by atoms with Crippen molar-refractivity contribution in [2.45, 2.75) is 6.92 Å². The molecule has 0 radical (unpaired) electrons. The molecule has 34 heavy (non-hydrogen) atoms. The molecule has 0 bridgehead atoms.